The SMILES string of the molecule is Cc1ccccc1-c1c(C(=O)O)n(CCCOc2ccc3ccccc3c2)c2ccccc12. The number of hydrogen-bond donors (Lipinski definition) is 1. The third-order valence-corrected chi connectivity index (χ3v) is 6.10. The monoisotopic (exact) mass is 435 g/mol. The van der Waals surface area contributed by atoms with Gasteiger partial charge in [-0.05, 0) is 53.4 Å². The fraction of sp³-hybridized carbons (Fsp3) is 0.138. The number of para-hydroxylation sites is 1. The van der Waals surface area contributed by atoms with Crippen molar-refractivity contribution in [3.8, 4) is 16.9 Å². The van der Waals surface area contributed by atoms with Gasteiger partial charge in [0.15, 0.2) is 0 Å². The summed E-state index contributed by atoms with van der Waals surface area (Å²) < 4.78 is 7.92. The molecular weight excluding hydrogens is 410 g/mol. The summed E-state index contributed by atoms with van der Waals surface area (Å²) in [4.78, 5) is 12.4. The maximum Gasteiger partial charge on any atom is 0.353 e. The second kappa shape index (κ2) is 8.83. The van der Waals surface area contributed by atoms with Crippen molar-refractivity contribution in [3.05, 3.63) is 102 Å². The average molecular weight is 436 g/mol. The highest BCUT2D eigenvalue weighted by Gasteiger charge is 2.24. The van der Waals surface area contributed by atoms with E-state index in [4.69, 9.17) is 4.74 Å². The number of aryl methyl sites for hydroxylation is 2. The van der Waals surface area contributed by atoms with Gasteiger partial charge >= 0.3 is 5.97 Å². The van der Waals surface area contributed by atoms with E-state index in [0.717, 1.165) is 38.7 Å². The Morgan fingerprint density at radius 1 is 0.879 bits per heavy atom. The molecule has 0 radical (unpaired) electrons. The summed E-state index contributed by atoms with van der Waals surface area (Å²) in [7, 11) is 0. The molecule has 0 spiro atoms. The van der Waals surface area contributed by atoms with E-state index in [1.165, 1.54) is 5.39 Å². The Hall–Kier alpha value is -4.05. The maximum absolute atomic E-state index is 12.4. The smallest absolute Gasteiger partial charge is 0.353 e. The fourth-order valence-electron chi connectivity index (χ4n) is 4.55. The van der Waals surface area contributed by atoms with Crippen LogP contribution in [-0.2, 0) is 6.54 Å². The molecule has 5 rings (SSSR count). The van der Waals surface area contributed by atoms with Crippen molar-refractivity contribution in [3.63, 3.8) is 0 Å². The Bertz CT molecular complexity index is 1460. The number of rotatable bonds is 7. The van der Waals surface area contributed by atoms with Crippen LogP contribution in [0.15, 0.2) is 91.0 Å². The quantitative estimate of drug-likeness (QED) is 0.282. The zero-order valence-corrected chi connectivity index (χ0v) is 18.5. The van der Waals surface area contributed by atoms with E-state index in [-0.39, 0.29) is 0 Å². The Morgan fingerprint density at radius 3 is 2.42 bits per heavy atom. The standard InChI is InChI=1S/C29H25NO3/c1-20-9-2-5-12-24(20)27-25-13-6-7-14-26(25)30(28(27)29(31)32)17-8-18-33-23-16-15-21-10-3-4-11-22(21)19-23/h2-7,9-16,19H,8,17-18H2,1H3,(H,31,32). The fourth-order valence-corrected chi connectivity index (χ4v) is 4.55. The van der Waals surface area contributed by atoms with E-state index in [9.17, 15) is 9.90 Å². The highest BCUT2D eigenvalue weighted by atomic mass is 16.5. The molecule has 0 aliphatic carbocycles. The van der Waals surface area contributed by atoms with Crippen LogP contribution in [0.1, 0.15) is 22.5 Å². The summed E-state index contributed by atoms with van der Waals surface area (Å²) in [6.45, 7) is 3.08. The minimum Gasteiger partial charge on any atom is -0.494 e. The highest BCUT2D eigenvalue weighted by Crippen LogP contribution is 2.37. The molecule has 0 bridgehead atoms. The lowest BCUT2D eigenvalue weighted by atomic mass is 9.97. The summed E-state index contributed by atoms with van der Waals surface area (Å²) in [6.07, 6.45) is 0.693. The topological polar surface area (TPSA) is 51.5 Å². The number of carbonyl (C=O) groups is 1. The summed E-state index contributed by atoms with van der Waals surface area (Å²) in [6, 6.07) is 30.1. The predicted octanol–water partition coefficient (Wildman–Crippen LogP) is 6.94. The van der Waals surface area contributed by atoms with E-state index in [1.54, 1.807) is 0 Å². The van der Waals surface area contributed by atoms with Crippen molar-refractivity contribution < 1.29 is 14.6 Å². The number of carboxylic acids is 1. The van der Waals surface area contributed by atoms with Crippen LogP contribution in [0.3, 0.4) is 0 Å². The Labute approximate surface area is 192 Å². The lowest BCUT2D eigenvalue weighted by Crippen LogP contribution is -2.12. The first kappa shape index (κ1) is 20.8. The highest BCUT2D eigenvalue weighted by molar-refractivity contribution is 6.08. The van der Waals surface area contributed by atoms with Gasteiger partial charge in [-0.1, -0.05) is 72.8 Å². The molecule has 4 nitrogen and oxygen atoms in total. The largest absolute Gasteiger partial charge is 0.494 e. The van der Waals surface area contributed by atoms with Gasteiger partial charge in [0.2, 0.25) is 0 Å². The van der Waals surface area contributed by atoms with Crippen molar-refractivity contribution >= 4 is 27.6 Å². The molecule has 164 valence electrons. The molecule has 4 aromatic carbocycles. The first-order valence-corrected chi connectivity index (χ1v) is 11.2. The van der Waals surface area contributed by atoms with E-state index in [0.29, 0.717) is 25.3 Å². The number of nitrogens with zero attached hydrogens (tertiary/aromatic N) is 1. The van der Waals surface area contributed by atoms with Crippen LogP contribution < -0.4 is 4.74 Å². The lowest BCUT2D eigenvalue weighted by Gasteiger charge is -2.11. The number of ether oxygens (including phenoxy) is 1. The van der Waals surface area contributed by atoms with Crippen LogP contribution >= 0.6 is 0 Å². The Kier molecular flexibility index (Phi) is 5.57. The zero-order valence-electron chi connectivity index (χ0n) is 18.5. The van der Waals surface area contributed by atoms with Gasteiger partial charge in [-0.3, -0.25) is 0 Å². The number of hydrogen-bond acceptors (Lipinski definition) is 2. The molecule has 1 aromatic heterocycles. The molecule has 0 fully saturated rings. The summed E-state index contributed by atoms with van der Waals surface area (Å²) >= 11 is 0. The molecule has 33 heavy (non-hydrogen) atoms. The van der Waals surface area contributed by atoms with Crippen molar-refractivity contribution in [2.45, 2.75) is 19.9 Å². The van der Waals surface area contributed by atoms with Gasteiger partial charge in [-0.15, -0.1) is 0 Å². The van der Waals surface area contributed by atoms with Gasteiger partial charge in [0.25, 0.3) is 0 Å². The second-order valence-electron chi connectivity index (χ2n) is 8.22. The van der Waals surface area contributed by atoms with Gasteiger partial charge in [-0.25, -0.2) is 4.79 Å². The average Bonchev–Trinajstić information content (AvgIpc) is 3.16. The number of fused-ring (bicyclic) bond motifs is 2. The molecule has 0 amide bonds. The van der Waals surface area contributed by atoms with Crippen molar-refractivity contribution in [2.24, 2.45) is 0 Å². The second-order valence-corrected chi connectivity index (χ2v) is 8.22. The summed E-state index contributed by atoms with van der Waals surface area (Å²) in [5, 5.41) is 13.5. The van der Waals surface area contributed by atoms with Crippen LogP contribution in [0.25, 0.3) is 32.8 Å². The molecular formula is C29H25NO3. The van der Waals surface area contributed by atoms with E-state index < -0.39 is 5.97 Å². The zero-order chi connectivity index (χ0) is 22.8. The number of carboxylic acid groups (broad SMARTS) is 1. The minimum absolute atomic E-state index is 0.330. The van der Waals surface area contributed by atoms with E-state index in [1.807, 2.05) is 84.3 Å². The van der Waals surface area contributed by atoms with Crippen LogP contribution in [0, 0.1) is 6.92 Å². The lowest BCUT2D eigenvalue weighted by molar-refractivity contribution is 0.0686. The Morgan fingerprint density at radius 2 is 1.61 bits per heavy atom. The van der Waals surface area contributed by atoms with E-state index >= 15 is 0 Å². The van der Waals surface area contributed by atoms with Gasteiger partial charge in [-0.2, -0.15) is 0 Å². The molecule has 0 unspecified atom stereocenters. The number of benzene rings is 4. The first-order valence-electron chi connectivity index (χ1n) is 11.2. The maximum atomic E-state index is 12.4. The molecule has 0 saturated heterocycles. The van der Waals surface area contributed by atoms with Crippen LogP contribution in [0.5, 0.6) is 5.75 Å². The molecule has 0 saturated carbocycles. The Balaban J connectivity index is 1.43. The normalized spacial score (nSPS) is 11.2. The third kappa shape index (κ3) is 3.96. The van der Waals surface area contributed by atoms with Crippen molar-refractivity contribution in [2.75, 3.05) is 6.61 Å². The predicted molar refractivity (Wildman–Crippen MR) is 133 cm³/mol. The molecule has 0 aliphatic heterocycles. The minimum atomic E-state index is -0.917. The molecule has 5 aromatic rings. The third-order valence-electron chi connectivity index (χ3n) is 6.10. The van der Waals surface area contributed by atoms with Crippen LogP contribution in [-0.4, -0.2) is 22.2 Å². The van der Waals surface area contributed by atoms with Crippen molar-refractivity contribution in [1.29, 1.82) is 0 Å². The molecule has 0 aliphatic rings. The summed E-state index contributed by atoms with van der Waals surface area (Å²) in [5.74, 6) is -0.0926. The number of aromatic nitrogens is 1. The van der Waals surface area contributed by atoms with Gasteiger partial charge in [0.1, 0.15) is 11.4 Å². The first-order chi connectivity index (χ1) is 16.1. The van der Waals surface area contributed by atoms with Crippen LogP contribution in [0.4, 0.5) is 0 Å². The van der Waals surface area contributed by atoms with E-state index in [2.05, 4.69) is 18.2 Å². The van der Waals surface area contributed by atoms with Gasteiger partial charge in [0.05, 0.1) is 6.61 Å². The molecule has 1 N–H and O–H groups in total. The summed E-state index contributed by atoms with van der Waals surface area (Å²) in [5.41, 5.74) is 4.06. The molecule has 4 heteroatoms. The van der Waals surface area contributed by atoms with Gasteiger partial charge < -0.3 is 14.4 Å². The molecule has 1 heterocycles. The number of aromatic carboxylic acids is 1. The van der Waals surface area contributed by atoms with Gasteiger partial charge in [0, 0.05) is 23.0 Å². The van der Waals surface area contributed by atoms with Crippen LogP contribution in [0.2, 0.25) is 0 Å². The molecule has 0 atom stereocenters. The van der Waals surface area contributed by atoms with Crippen molar-refractivity contribution in [1.82, 2.24) is 4.57 Å².